The number of aromatic nitrogens is 4. The van der Waals surface area contributed by atoms with E-state index in [9.17, 15) is 4.79 Å². The Morgan fingerprint density at radius 2 is 2.08 bits per heavy atom. The van der Waals surface area contributed by atoms with Crippen LogP contribution in [0.4, 0.5) is 0 Å². The van der Waals surface area contributed by atoms with Crippen molar-refractivity contribution >= 4 is 17.2 Å². The van der Waals surface area contributed by atoms with Gasteiger partial charge in [-0.2, -0.15) is 5.10 Å². The summed E-state index contributed by atoms with van der Waals surface area (Å²) in [4.78, 5) is 21.1. The molecule has 0 saturated carbocycles. The lowest BCUT2D eigenvalue weighted by molar-refractivity contribution is 0.0939. The van der Waals surface area contributed by atoms with Crippen molar-refractivity contribution < 1.29 is 4.79 Å². The number of pyridine rings is 1. The number of carbonyl (C=O) groups excluding carboxylic acids is 1. The highest BCUT2D eigenvalue weighted by molar-refractivity contribution is 7.09. The SMILES string of the molecule is Cc1cc(C)n(-c2ccc(C(=O)NC(C)c3csc(C)n3)cn2)n1. The highest BCUT2D eigenvalue weighted by Crippen LogP contribution is 2.16. The number of nitrogens with one attached hydrogen (secondary N) is 1. The summed E-state index contributed by atoms with van der Waals surface area (Å²) in [6, 6.07) is 5.40. The van der Waals surface area contributed by atoms with E-state index in [4.69, 9.17) is 0 Å². The van der Waals surface area contributed by atoms with Gasteiger partial charge in [-0.15, -0.1) is 11.3 Å². The van der Waals surface area contributed by atoms with E-state index in [-0.39, 0.29) is 11.9 Å². The summed E-state index contributed by atoms with van der Waals surface area (Å²) < 4.78 is 1.76. The monoisotopic (exact) mass is 341 g/mol. The Balaban J connectivity index is 1.73. The minimum absolute atomic E-state index is 0.141. The van der Waals surface area contributed by atoms with Crippen LogP contribution in [0.1, 0.15) is 45.4 Å². The van der Waals surface area contributed by atoms with Crippen molar-refractivity contribution in [2.45, 2.75) is 33.7 Å². The van der Waals surface area contributed by atoms with Gasteiger partial charge in [0.05, 0.1) is 28.0 Å². The Hall–Kier alpha value is -2.54. The molecular formula is C17H19N5OS. The molecule has 0 aromatic carbocycles. The van der Waals surface area contributed by atoms with Crippen LogP contribution in [0.15, 0.2) is 29.8 Å². The van der Waals surface area contributed by atoms with E-state index in [1.807, 2.05) is 39.1 Å². The van der Waals surface area contributed by atoms with Gasteiger partial charge in [-0.3, -0.25) is 4.79 Å². The molecule has 1 atom stereocenters. The molecule has 0 fully saturated rings. The number of aryl methyl sites for hydroxylation is 3. The lowest BCUT2D eigenvalue weighted by Gasteiger charge is -2.12. The molecule has 3 rings (SSSR count). The van der Waals surface area contributed by atoms with Gasteiger partial charge in [-0.1, -0.05) is 0 Å². The molecule has 7 heteroatoms. The summed E-state index contributed by atoms with van der Waals surface area (Å²) in [5, 5.41) is 10.3. The Kier molecular flexibility index (Phi) is 4.44. The Morgan fingerprint density at radius 1 is 1.29 bits per heavy atom. The fraction of sp³-hybridized carbons (Fsp3) is 0.294. The lowest BCUT2D eigenvalue weighted by atomic mass is 10.2. The van der Waals surface area contributed by atoms with Crippen molar-refractivity contribution in [1.82, 2.24) is 25.1 Å². The van der Waals surface area contributed by atoms with Crippen molar-refractivity contribution in [3.05, 3.63) is 57.4 Å². The first-order valence-electron chi connectivity index (χ1n) is 7.66. The molecule has 1 N–H and O–H groups in total. The molecule has 0 aliphatic carbocycles. The van der Waals surface area contributed by atoms with Gasteiger partial charge in [-0.25, -0.2) is 14.6 Å². The van der Waals surface area contributed by atoms with Crippen LogP contribution in [0.5, 0.6) is 0 Å². The highest BCUT2D eigenvalue weighted by Gasteiger charge is 2.14. The second kappa shape index (κ2) is 6.52. The number of hydrogen-bond acceptors (Lipinski definition) is 5. The molecule has 24 heavy (non-hydrogen) atoms. The van der Waals surface area contributed by atoms with Crippen LogP contribution < -0.4 is 5.32 Å². The second-order valence-corrected chi connectivity index (χ2v) is 6.79. The average molecular weight is 341 g/mol. The van der Waals surface area contributed by atoms with Gasteiger partial charge in [0.1, 0.15) is 0 Å². The maximum atomic E-state index is 12.4. The van der Waals surface area contributed by atoms with Gasteiger partial charge >= 0.3 is 0 Å². The number of thiazole rings is 1. The first-order valence-corrected chi connectivity index (χ1v) is 8.54. The minimum atomic E-state index is -0.166. The minimum Gasteiger partial charge on any atom is -0.344 e. The molecule has 0 radical (unpaired) electrons. The summed E-state index contributed by atoms with van der Waals surface area (Å²) in [6.07, 6.45) is 1.57. The highest BCUT2D eigenvalue weighted by atomic mass is 32.1. The van der Waals surface area contributed by atoms with Crippen molar-refractivity contribution in [1.29, 1.82) is 0 Å². The maximum Gasteiger partial charge on any atom is 0.253 e. The van der Waals surface area contributed by atoms with Crippen LogP contribution >= 0.6 is 11.3 Å². The Labute approximate surface area is 144 Å². The maximum absolute atomic E-state index is 12.4. The van der Waals surface area contributed by atoms with Crippen molar-refractivity contribution in [3.63, 3.8) is 0 Å². The Bertz CT molecular complexity index is 865. The van der Waals surface area contributed by atoms with E-state index >= 15 is 0 Å². The van der Waals surface area contributed by atoms with E-state index < -0.39 is 0 Å². The average Bonchev–Trinajstić information content (AvgIpc) is 3.13. The number of amides is 1. The van der Waals surface area contributed by atoms with E-state index in [1.54, 1.807) is 34.3 Å². The summed E-state index contributed by atoms with van der Waals surface area (Å²) in [5.74, 6) is 0.529. The normalized spacial score (nSPS) is 12.2. The zero-order valence-electron chi connectivity index (χ0n) is 14.1. The molecule has 0 aliphatic heterocycles. The van der Waals surface area contributed by atoms with E-state index in [2.05, 4.69) is 20.4 Å². The molecular weight excluding hydrogens is 322 g/mol. The van der Waals surface area contributed by atoms with E-state index in [1.165, 1.54) is 0 Å². The zero-order valence-corrected chi connectivity index (χ0v) is 14.9. The topological polar surface area (TPSA) is 72.7 Å². The number of hydrogen-bond donors (Lipinski definition) is 1. The third kappa shape index (κ3) is 3.35. The quantitative estimate of drug-likeness (QED) is 0.791. The van der Waals surface area contributed by atoms with Crippen LogP contribution in [0.2, 0.25) is 0 Å². The van der Waals surface area contributed by atoms with Crippen LogP contribution in [0.25, 0.3) is 5.82 Å². The summed E-state index contributed by atoms with van der Waals surface area (Å²) in [6.45, 7) is 7.78. The van der Waals surface area contributed by atoms with Crippen molar-refractivity contribution in [3.8, 4) is 5.82 Å². The smallest absolute Gasteiger partial charge is 0.253 e. The number of rotatable bonds is 4. The molecule has 3 aromatic heterocycles. The Morgan fingerprint density at radius 3 is 2.62 bits per heavy atom. The molecule has 3 aromatic rings. The van der Waals surface area contributed by atoms with Crippen LogP contribution in [0, 0.1) is 20.8 Å². The van der Waals surface area contributed by atoms with E-state index in [0.717, 1.165) is 22.1 Å². The lowest BCUT2D eigenvalue weighted by Crippen LogP contribution is -2.27. The van der Waals surface area contributed by atoms with Crippen LogP contribution in [-0.4, -0.2) is 25.7 Å². The molecule has 124 valence electrons. The zero-order chi connectivity index (χ0) is 17.3. The first kappa shape index (κ1) is 16.3. The summed E-state index contributed by atoms with van der Waals surface area (Å²) >= 11 is 1.57. The molecule has 0 saturated heterocycles. The van der Waals surface area contributed by atoms with Crippen LogP contribution in [-0.2, 0) is 0 Å². The van der Waals surface area contributed by atoms with Crippen molar-refractivity contribution in [2.24, 2.45) is 0 Å². The third-order valence-electron chi connectivity index (χ3n) is 3.66. The fourth-order valence-electron chi connectivity index (χ4n) is 2.44. The summed E-state index contributed by atoms with van der Waals surface area (Å²) in [7, 11) is 0. The van der Waals surface area contributed by atoms with Gasteiger partial charge in [0.15, 0.2) is 5.82 Å². The molecule has 1 unspecified atom stereocenters. The van der Waals surface area contributed by atoms with Gasteiger partial charge in [-0.05, 0) is 45.9 Å². The first-order chi connectivity index (χ1) is 11.4. The third-order valence-corrected chi connectivity index (χ3v) is 4.46. The predicted octanol–water partition coefficient (Wildman–Crippen LogP) is 3.14. The molecule has 3 heterocycles. The molecule has 1 amide bonds. The van der Waals surface area contributed by atoms with Gasteiger partial charge in [0.2, 0.25) is 0 Å². The van der Waals surface area contributed by atoms with E-state index in [0.29, 0.717) is 11.4 Å². The van der Waals surface area contributed by atoms with Gasteiger partial charge in [0, 0.05) is 17.3 Å². The molecule has 0 spiro atoms. The molecule has 0 aliphatic rings. The number of nitrogens with zero attached hydrogens (tertiary/aromatic N) is 4. The second-order valence-electron chi connectivity index (χ2n) is 5.73. The number of carbonyl (C=O) groups is 1. The van der Waals surface area contributed by atoms with Crippen molar-refractivity contribution in [2.75, 3.05) is 0 Å². The molecule has 0 bridgehead atoms. The largest absolute Gasteiger partial charge is 0.344 e. The molecule has 6 nitrogen and oxygen atoms in total. The summed E-state index contributed by atoms with van der Waals surface area (Å²) in [5.41, 5.74) is 3.32. The van der Waals surface area contributed by atoms with Gasteiger partial charge in [0.25, 0.3) is 5.91 Å². The standard InChI is InChI=1S/C17H19N5OS/c1-10-7-11(2)22(21-10)16-6-5-14(8-18-16)17(23)19-12(3)15-9-24-13(4)20-15/h5-9,12H,1-4H3,(H,19,23). The predicted molar refractivity (Wildman–Crippen MR) is 93.6 cm³/mol. The van der Waals surface area contributed by atoms with Gasteiger partial charge < -0.3 is 5.32 Å². The van der Waals surface area contributed by atoms with Crippen LogP contribution in [0.3, 0.4) is 0 Å². The fourth-order valence-corrected chi connectivity index (χ4v) is 3.15.